The van der Waals surface area contributed by atoms with Crippen LogP contribution in [0.15, 0.2) is 54.6 Å². The van der Waals surface area contributed by atoms with Crippen LogP contribution in [0.2, 0.25) is 0 Å². The van der Waals surface area contributed by atoms with Gasteiger partial charge in [0.25, 0.3) is 0 Å². The predicted octanol–water partition coefficient (Wildman–Crippen LogP) is 4.34. The maximum atomic E-state index is 12.4. The molecule has 2 aromatic carbocycles. The monoisotopic (exact) mass is 398 g/mol. The van der Waals surface area contributed by atoms with Gasteiger partial charge in [0.05, 0.1) is 5.56 Å². The number of hydrogen-bond acceptors (Lipinski definition) is 3. The highest BCUT2D eigenvalue weighted by Crippen LogP contribution is 2.33. The average molecular weight is 399 g/mol. The molecule has 4 rings (SSSR count). The Morgan fingerprint density at radius 3 is 2.57 bits per heavy atom. The molecule has 148 valence electrons. The van der Waals surface area contributed by atoms with Crippen LogP contribution in [0.4, 0.5) is 0 Å². The van der Waals surface area contributed by atoms with Gasteiger partial charge in [-0.2, -0.15) is 0 Å². The predicted molar refractivity (Wildman–Crippen MR) is 115 cm³/mol. The van der Waals surface area contributed by atoms with Gasteiger partial charge in [-0.3, -0.25) is 0 Å². The van der Waals surface area contributed by atoms with E-state index < -0.39 is 0 Å². The number of carbonyl (C=O) groups is 1. The minimum atomic E-state index is -0.222. The molecule has 0 saturated heterocycles. The average Bonchev–Trinajstić information content (AvgIpc) is 3.00. The maximum Gasteiger partial charge on any atom is 0.338 e. The van der Waals surface area contributed by atoms with Gasteiger partial charge in [-0.05, 0) is 50.7 Å². The molecule has 0 radical (unpaired) electrons. The van der Waals surface area contributed by atoms with E-state index in [1.165, 1.54) is 22.2 Å². The molecule has 0 saturated carbocycles. The minimum Gasteiger partial charge on any atom is -0.458 e. The molecule has 1 atom stereocenters. The molecule has 0 N–H and O–H groups in total. The van der Waals surface area contributed by atoms with E-state index in [1.54, 1.807) is 0 Å². The van der Waals surface area contributed by atoms with Crippen LogP contribution >= 0.6 is 12.4 Å². The van der Waals surface area contributed by atoms with Gasteiger partial charge in [0.15, 0.2) is 0 Å². The summed E-state index contributed by atoms with van der Waals surface area (Å²) in [7, 11) is 4.22. The zero-order valence-electron chi connectivity index (χ0n) is 16.4. The lowest BCUT2D eigenvalue weighted by atomic mass is 9.93. The Morgan fingerprint density at radius 1 is 1.11 bits per heavy atom. The molecule has 0 bridgehead atoms. The van der Waals surface area contributed by atoms with Crippen molar-refractivity contribution >= 4 is 29.3 Å². The van der Waals surface area contributed by atoms with E-state index in [0.717, 1.165) is 32.4 Å². The van der Waals surface area contributed by atoms with Crippen molar-refractivity contribution in [3.63, 3.8) is 0 Å². The number of nitrogens with zero attached hydrogens (tertiary/aromatic N) is 2. The topological polar surface area (TPSA) is 34.5 Å². The summed E-state index contributed by atoms with van der Waals surface area (Å²) in [6.45, 7) is 1.99. The van der Waals surface area contributed by atoms with Crippen LogP contribution in [0.1, 0.15) is 28.0 Å². The highest BCUT2D eigenvalue weighted by molar-refractivity contribution is 5.89. The molecule has 4 nitrogen and oxygen atoms in total. The molecule has 0 amide bonds. The van der Waals surface area contributed by atoms with Crippen molar-refractivity contribution in [2.45, 2.75) is 31.9 Å². The van der Waals surface area contributed by atoms with Crippen molar-refractivity contribution in [3.8, 4) is 0 Å². The first-order valence-electron chi connectivity index (χ1n) is 9.63. The number of likely N-dealkylation sites (N-methyl/N-ethyl adjacent to an activating group) is 1. The number of benzene rings is 2. The number of aromatic nitrogens is 1. The van der Waals surface area contributed by atoms with Crippen molar-refractivity contribution in [2.75, 3.05) is 20.6 Å². The molecule has 1 aliphatic rings. The van der Waals surface area contributed by atoms with Crippen LogP contribution in [0.25, 0.3) is 10.9 Å². The van der Waals surface area contributed by atoms with Crippen LogP contribution in [-0.2, 0) is 24.1 Å². The standard InChI is InChI=1S/C23H26N2O2.ClH/c1-24(2)14-15-25-21-11-7-6-10-19(21)20-16-18(12-13-22(20)25)27-23(26)17-8-4-3-5-9-17;/h3-11,18H,12-16H2,1-2H3;1H. The molecular formula is C23H27ClN2O2. The molecule has 1 aromatic heterocycles. The van der Waals surface area contributed by atoms with Crippen LogP contribution in [0.3, 0.4) is 0 Å². The van der Waals surface area contributed by atoms with Crippen LogP contribution < -0.4 is 0 Å². The Morgan fingerprint density at radius 2 is 1.82 bits per heavy atom. The number of fused-ring (bicyclic) bond motifs is 3. The van der Waals surface area contributed by atoms with Crippen molar-refractivity contribution in [2.24, 2.45) is 0 Å². The Hall–Kier alpha value is -2.30. The van der Waals surface area contributed by atoms with Crippen molar-refractivity contribution in [3.05, 3.63) is 71.4 Å². The molecular weight excluding hydrogens is 372 g/mol. The molecule has 0 fully saturated rings. The fraction of sp³-hybridized carbons (Fsp3) is 0.348. The lowest BCUT2D eigenvalue weighted by Crippen LogP contribution is -2.27. The highest BCUT2D eigenvalue weighted by Gasteiger charge is 2.27. The minimum absolute atomic E-state index is 0. The third kappa shape index (κ3) is 4.08. The SMILES string of the molecule is CN(C)CCn1c2c(c3ccccc31)CC(OC(=O)c1ccccc1)CC2.Cl. The Balaban J connectivity index is 0.00000225. The summed E-state index contributed by atoms with van der Waals surface area (Å²) in [6, 6.07) is 17.9. The molecule has 1 unspecified atom stereocenters. The van der Waals surface area contributed by atoms with Crippen LogP contribution in [0.5, 0.6) is 0 Å². The quantitative estimate of drug-likeness (QED) is 0.599. The second-order valence-electron chi connectivity index (χ2n) is 7.53. The fourth-order valence-electron chi connectivity index (χ4n) is 4.02. The number of esters is 1. The number of para-hydroxylation sites is 1. The molecule has 5 heteroatoms. The van der Waals surface area contributed by atoms with Gasteiger partial charge in [-0.15, -0.1) is 12.4 Å². The Labute approximate surface area is 172 Å². The second kappa shape index (κ2) is 8.80. The second-order valence-corrected chi connectivity index (χ2v) is 7.53. The maximum absolute atomic E-state index is 12.4. The number of ether oxygens (including phenoxy) is 1. The summed E-state index contributed by atoms with van der Waals surface area (Å²) in [5, 5.41) is 1.30. The van der Waals surface area contributed by atoms with Gasteiger partial charge in [0.2, 0.25) is 0 Å². The fourth-order valence-corrected chi connectivity index (χ4v) is 4.02. The molecule has 0 aliphatic heterocycles. The van der Waals surface area contributed by atoms with E-state index in [4.69, 9.17) is 4.74 Å². The van der Waals surface area contributed by atoms with Gasteiger partial charge in [-0.25, -0.2) is 4.79 Å². The Kier molecular flexibility index (Phi) is 6.42. The summed E-state index contributed by atoms with van der Waals surface area (Å²) in [4.78, 5) is 14.7. The summed E-state index contributed by atoms with van der Waals surface area (Å²) < 4.78 is 8.29. The Bertz CT molecular complexity index is 950. The summed E-state index contributed by atoms with van der Waals surface area (Å²) in [5.74, 6) is -0.222. The third-order valence-electron chi connectivity index (χ3n) is 5.38. The van der Waals surface area contributed by atoms with E-state index in [0.29, 0.717) is 5.56 Å². The number of rotatable bonds is 5. The molecule has 1 heterocycles. The van der Waals surface area contributed by atoms with Crippen molar-refractivity contribution < 1.29 is 9.53 Å². The van der Waals surface area contributed by atoms with Crippen LogP contribution in [-0.4, -0.2) is 42.2 Å². The first kappa shape index (κ1) is 20.4. The molecule has 28 heavy (non-hydrogen) atoms. The van der Waals surface area contributed by atoms with E-state index >= 15 is 0 Å². The normalized spacial score (nSPS) is 15.9. The largest absolute Gasteiger partial charge is 0.458 e. The van der Waals surface area contributed by atoms with E-state index in [-0.39, 0.29) is 24.5 Å². The summed E-state index contributed by atoms with van der Waals surface area (Å²) in [5.41, 5.74) is 4.67. The van der Waals surface area contributed by atoms with E-state index in [9.17, 15) is 4.79 Å². The van der Waals surface area contributed by atoms with Gasteiger partial charge in [-0.1, -0.05) is 36.4 Å². The van der Waals surface area contributed by atoms with E-state index in [1.807, 2.05) is 30.3 Å². The van der Waals surface area contributed by atoms with Gasteiger partial charge < -0.3 is 14.2 Å². The molecule has 1 aliphatic carbocycles. The molecule has 0 spiro atoms. The third-order valence-corrected chi connectivity index (χ3v) is 5.38. The van der Waals surface area contributed by atoms with Crippen LogP contribution in [0, 0.1) is 0 Å². The lowest BCUT2D eigenvalue weighted by molar-refractivity contribution is 0.0270. The van der Waals surface area contributed by atoms with E-state index in [2.05, 4.69) is 47.8 Å². The summed E-state index contributed by atoms with van der Waals surface area (Å²) >= 11 is 0. The molecule has 3 aromatic rings. The number of halogens is 1. The number of hydrogen-bond donors (Lipinski definition) is 0. The zero-order chi connectivity index (χ0) is 18.8. The lowest BCUT2D eigenvalue weighted by Gasteiger charge is -2.24. The first-order valence-corrected chi connectivity index (χ1v) is 9.63. The smallest absolute Gasteiger partial charge is 0.338 e. The van der Waals surface area contributed by atoms with Gasteiger partial charge in [0.1, 0.15) is 6.10 Å². The van der Waals surface area contributed by atoms with Crippen molar-refractivity contribution in [1.29, 1.82) is 0 Å². The van der Waals surface area contributed by atoms with Gasteiger partial charge >= 0.3 is 5.97 Å². The van der Waals surface area contributed by atoms with Gasteiger partial charge in [0, 0.05) is 36.1 Å². The summed E-state index contributed by atoms with van der Waals surface area (Å²) in [6.07, 6.45) is 2.57. The first-order chi connectivity index (χ1) is 13.1. The highest BCUT2D eigenvalue weighted by atomic mass is 35.5. The number of carbonyl (C=O) groups excluding carboxylic acids is 1. The zero-order valence-corrected chi connectivity index (χ0v) is 17.2. The van der Waals surface area contributed by atoms with Crippen molar-refractivity contribution in [1.82, 2.24) is 9.47 Å².